The highest BCUT2D eigenvalue weighted by molar-refractivity contribution is 7.98. The molecule has 0 bridgehead atoms. The number of nitrogens with zero attached hydrogens (tertiary/aromatic N) is 2. The van der Waals surface area contributed by atoms with E-state index in [1.165, 1.54) is 16.6 Å². The van der Waals surface area contributed by atoms with E-state index in [0.717, 1.165) is 39.7 Å². The van der Waals surface area contributed by atoms with Crippen LogP contribution < -0.4 is 15.0 Å². The highest BCUT2D eigenvalue weighted by Gasteiger charge is 2.13. The van der Waals surface area contributed by atoms with Gasteiger partial charge in [0, 0.05) is 11.4 Å². The molecule has 0 aliphatic heterocycles. The molecule has 5 nitrogen and oxygen atoms in total. The van der Waals surface area contributed by atoms with Crippen LogP contribution in [0.25, 0.3) is 10.2 Å². The number of benzene rings is 1. The molecule has 0 aliphatic rings. The Hall–Kier alpha value is -1.99. The average molecular weight is 391 g/mol. The van der Waals surface area contributed by atoms with Crippen LogP contribution in [0.4, 0.5) is 0 Å². The first-order chi connectivity index (χ1) is 12.7. The monoisotopic (exact) mass is 390 g/mol. The summed E-state index contributed by atoms with van der Waals surface area (Å²) in [5.41, 5.74) is 0.0414. The molecule has 0 spiro atoms. The van der Waals surface area contributed by atoms with Crippen LogP contribution in [0.2, 0.25) is 0 Å². The number of aromatic nitrogens is 2. The van der Waals surface area contributed by atoms with E-state index in [1.54, 1.807) is 23.0 Å². The van der Waals surface area contributed by atoms with Crippen molar-refractivity contribution in [1.29, 1.82) is 0 Å². The maximum atomic E-state index is 12.8. The Labute approximate surface area is 161 Å². The van der Waals surface area contributed by atoms with Crippen LogP contribution in [0.5, 0.6) is 11.5 Å². The van der Waals surface area contributed by atoms with Crippen LogP contribution in [0.1, 0.15) is 18.2 Å². The van der Waals surface area contributed by atoms with E-state index in [2.05, 4.69) is 11.9 Å². The van der Waals surface area contributed by atoms with E-state index >= 15 is 0 Å². The van der Waals surface area contributed by atoms with E-state index in [9.17, 15) is 4.79 Å². The van der Waals surface area contributed by atoms with Crippen molar-refractivity contribution in [3.63, 3.8) is 0 Å². The van der Waals surface area contributed by atoms with Crippen LogP contribution in [-0.4, -0.2) is 29.5 Å². The lowest BCUT2D eigenvalue weighted by molar-refractivity contribution is 0.297. The molecule has 138 valence electrons. The number of ether oxygens (including phenoxy) is 2. The van der Waals surface area contributed by atoms with Crippen molar-refractivity contribution < 1.29 is 9.47 Å². The molecule has 3 rings (SSSR count). The molecule has 0 atom stereocenters. The molecule has 3 aromatic rings. The van der Waals surface area contributed by atoms with Crippen molar-refractivity contribution >= 4 is 33.3 Å². The molecule has 2 aromatic heterocycles. The van der Waals surface area contributed by atoms with Crippen LogP contribution >= 0.6 is 23.1 Å². The van der Waals surface area contributed by atoms with E-state index in [0.29, 0.717) is 13.2 Å². The zero-order valence-corrected chi connectivity index (χ0v) is 16.8. The molecular formula is C19H22N2O3S2. The Morgan fingerprint density at radius 2 is 1.96 bits per heavy atom. The maximum absolute atomic E-state index is 12.8. The van der Waals surface area contributed by atoms with E-state index in [-0.39, 0.29) is 5.56 Å². The van der Waals surface area contributed by atoms with E-state index in [1.807, 2.05) is 36.6 Å². The molecule has 0 aliphatic carbocycles. The summed E-state index contributed by atoms with van der Waals surface area (Å²) < 4.78 is 12.6. The van der Waals surface area contributed by atoms with Gasteiger partial charge in [-0.15, -0.1) is 11.3 Å². The topological polar surface area (TPSA) is 53.4 Å². The molecule has 0 saturated heterocycles. The molecule has 2 heterocycles. The summed E-state index contributed by atoms with van der Waals surface area (Å²) in [6, 6.07) is 9.47. The Kier molecular flexibility index (Phi) is 6.21. The van der Waals surface area contributed by atoms with Gasteiger partial charge in [0.25, 0.3) is 5.56 Å². The minimum Gasteiger partial charge on any atom is -0.497 e. The van der Waals surface area contributed by atoms with Crippen molar-refractivity contribution in [3.05, 3.63) is 45.6 Å². The van der Waals surface area contributed by atoms with Gasteiger partial charge in [-0.2, -0.15) is 0 Å². The summed E-state index contributed by atoms with van der Waals surface area (Å²) >= 11 is 3.11. The van der Waals surface area contributed by atoms with E-state index in [4.69, 9.17) is 9.47 Å². The quantitative estimate of drug-likeness (QED) is 0.327. The van der Waals surface area contributed by atoms with Gasteiger partial charge in [0.05, 0.1) is 19.1 Å². The first-order valence-electron chi connectivity index (χ1n) is 8.50. The van der Waals surface area contributed by atoms with Crippen LogP contribution in [0, 0.1) is 0 Å². The van der Waals surface area contributed by atoms with Gasteiger partial charge < -0.3 is 9.47 Å². The zero-order chi connectivity index (χ0) is 18.5. The number of hydrogen-bond donors (Lipinski definition) is 0. The molecule has 0 radical (unpaired) electrons. The predicted molar refractivity (Wildman–Crippen MR) is 108 cm³/mol. The van der Waals surface area contributed by atoms with Crippen molar-refractivity contribution in [2.45, 2.75) is 31.5 Å². The number of thioether (sulfide) groups is 1. The number of thiophene rings is 1. The first kappa shape index (κ1) is 18.8. The summed E-state index contributed by atoms with van der Waals surface area (Å²) in [5.74, 6) is 1.59. The summed E-state index contributed by atoms with van der Waals surface area (Å²) in [5, 5.41) is 1.48. The van der Waals surface area contributed by atoms with Gasteiger partial charge >= 0.3 is 0 Å². The molecule has 0 unspecified atom stereocenters. The summed E-state index contributed by atoms with van der Waals surface area (Å²) in [6.45, 7) is 3.22. The third kappa shape index (κ3) is 4.04. The van der Waals surface area contributed by atoms with Gasteiger partial charge in [0.2, 0.25) is 0 Å². The van der Waals surface area contributed by atoms with Gasteiger partial charge in [-0.25, -0.2) is 4.98 Å². The van der Waals surface area contributed by atoms with Crippen molar-refractivity contribution in [1.82, 2.24) is 9.55 Å². The smallest absolute Gasteiger partial charge is 0.262 e. The second-order valence-corrected chi connectivity index (χ2v) is 7.61. The van der Waals surface area contributed by atoms with Crippen molar-refractivity contribution in [2.24, 2.45) is 0 Å². The number of fused-ring (bicyclic) bond motifs is 1. The predicted octanol–water partition coefficient (Wildman–Crippen LogP) is 4.22. The second kappa shape index (κ2) is 8.60. The van der Waals surface area contributed by atoms with Crippen LogP contribution in [0.3, 0.4) is 0 Å². The molecule has 0 fully saturated rings. The largest absolute Gasteiger partial charge is 0.497 e. The number of methoxy groups -OCH3 is 1. The lowest BCUT2D eigenvalue weighted by Crippen LogP contribution is -2.23. The lowest BCUT2D eigenvalue weighted by atomic mass is 10.3. The Morgan fingerprint density at radius 1 is 1.23 bits per heavy atom. The second-order valence-electron chi connectivity index (χ2n) is 5.72. The van der Waals surface area contributed by atoms with Gasteiger partial charge in [0.1, 0.15) is 16.3 Å². The first-order valence-corrected chi connectivity index (χ1v) is 10.5. The highest BCUT2D eigenvalue weighted by Crippen LogP contribution is 2.24. The Balaban J connectivity index is 1.69. The van der Waals surface area contributed by atoms with Gasteiger partial charge in [-0.3, -0.25) is 9.36 Å². The Morgan fingerprint density at radius 3 is 2.62 bits per heavy atom. The molecule has 0 saturated carbocycles. The fourth-order valence-electron chi connectivity index (χ4n) is 2.66. The van der Waals surface area contributed by atoms with Crippen molar-refractivity contribution in [3.8, 4) is 11.5 Å². The molecule has 0 amide bonds. The highest BCUT2D eigenvalue weighted by atomic mass is 32.2. The van der Waals surface area contributed by atoms with Crippen molar-refractivity contribution in [2.75, 3.05) is 20.0 Å². The Bertz CT molecular complexity index is 932. The fourth-order valence-corrected chi connectivity index (χ4v) is 4.25. The zero-order valence-electron chi connectivity index (χ0n) is 15.2. The SMILES string of the molecule is CCc1cc2c(=O)n(CCCOc3ccc(OC)cc3)c(SC)nc2s1. The van der Waals surface area contributed by atoms with Crippen LogP contribution in [-0.2, 0) is 13.0 Å². The maximum Gasteiger partial charge on any atom is 0.262 e. The van der Waals surface area contributed by atoms with Gasteiger partial charge in [-0.1, -0.05) is 18.7 Å². The number of aryl methyl sites for hydroxylation is 1. The van der Waals surface area contributed by atoms with Gasteiger partial charge in [-0.05, 0) is 49.4 Å². The summed E-state index contributed by atoms with van der Waals surface area (Å²) in [4.78, 5) is 19.5. The van der Waals surface area contributed by atoms with E-state index < -0.39 is 0 Å². The average Bonchev–Trinajstić information content (AvgIpc) is 3.10. The number of rotatable bonds is 8. The number of hydrogen-bond acceptors (Lipinski definition) is 6. The molecule has 7 heteroatoms. The molecular weight excluding hydrogens is 368 g/mol. The molecule has 26 heavy (non-hydrogen) atoms. The fraction of sp³-hybridized carbons (Fsp3) is 0.368. The minimum absolute atomic E-state index is 0.0414. The minimum atomic E-state index is 0.0414. The van der Waals surface area contributed by atoms with Crippen LogP contribution in [0.15, 0.2) is 40.3 Å². The third-order valence-electron chi connectivity index (χ3n) is 4.05. The summed E-state index contributed by atoms with van der Waals surface area (Å²) in [7, 11) is 1.64. The van der Waals surface area contributed by atoms with Gasteiger partial charge in [0.15, 0.2) is 5.16 Å². The standard InChI is InChI=1S/C19H22N2O3S2/c1-4-15-12-16-17(26-15)20-19(25-3)21(18(16)22)10-5-11-24-14-8-6-13(23-2)7-9-14/h6-9,12H,4-5,10-11H2,1-3H3. The lowest BCUT2D eigenvalue weighted by Gasteiger charge is -2.11. The third-order valence-corrected chi connectivity index (χ3v) is 5.90. The molecule has 0 N–H and O–H groups in total. The normalized spacial score (nSPS) is 11.0. The molecule has 1 aromatic carbocycles. The summed E-state index contributed by atoms with van der Waals surface area (Å²) in [6.07, 6.45) is 3.61.